The number of carbonyl (C=O) groups is 3. The fourth-order valence-corrected chi connectivity index (χ4v) is 3.37. The average Bonchev–Trinajstić information content (AvgIpc) is 2.90. The molecule has 3 amide bonds. The van der Waals surface area contributed by atoms with Crippen LogP contribution in [0.15, 0.2) is 48.5 Å². The molecule has 0 atom stereocenters. The predicted octanol–water partition coefficient (Wildman–Crippen LogP) is 2.66. The Morgan fingerprint density at radius 2 is 1.77 bits per heavy atom. The van der Waals surface area contributed by atoms with Gasteiger partial charge >= 0.3 is 0 Å². The first-order valence-electron chi connectivity index (χ1n) is 8.07. The van der Waals surface area contributed by atoms with Crippen molar-refractivity contribution in [3.63, 3.8) is 0 Å². The Labute approximate surface area is 155 Å². The van der Waals surface area contributed by atoms with Crippen LogP contribution in [0.2, 0.25) is 0 Å². The highest BCUT2D eigenvalue weighted by atomic mass is 32.2. The maximum atomic E-state index is 12.2. The highest BCUT2D eigenvalue weighted by Crippen LogP contribution is 2.22. The largest absolute Gasteiger partial charge is 0.497 e. The van der Waals surface area contributed by atoms with Gasteiger partial charge in [-0.15, -0.1) is 0 Å². The van der Waals surface area contributed by atoms with Crippen molar-refractivity contribution in [1.82, 2.24) is 4.90 Å². The first-order valence-corrected chi connectivity index (χ1v) is 9.22. The van der Waals surface area contributed by atoms with Crippen molar-refractivity contribution in [2.24, 2.45) is 0 Å². The number of carbonyl (C=O) groups excluding carboxylic acids is 3. The van der Waals surface area contributed by atoms with E-state index in [4.69, 9.17) is 4.74 Å². The number of fused-ring (bicyclic) bond motifs is 1. The van der Waals surface area contributed by atoms with E-state index >= 15 is 0 Å². The van der Waals surface area contributed by atoms with Crippen LogP contribution in [-0.4, -0.2) is 47.8 Å². The summed E-state index contributed by atoms with van der Waals surface area (Å²) in [5.74, 6) is 0.711. The second kappa shape index (κ2) is 8.05. The molecule has 0 fully saturated rings. The third kappa shape index (κ3) is 3.88. The van der Waals surface area contributed by atoms with Crippen molar-refractivity contribution in [3.8, 4) is 5.75 Å². The lowest BCUT2D eigenvalue weighted by atomic mass is 10.1. The number of rotatable bonds is 7. The van der Waals surface area contributed by atoms with E-state index < -0.39 is 0 Å². The molecule has 0 saturated carbocycles. The Morgan fingerprint density at radius 3 is 2.42 bits per heavy atom. The Morgan fingerprint density at radius 1 is 1.08 bits per heavy atom. The summed E-state index contributed by atoms with van der Waals surface area (Å²) in [6.07, 6.45) is 0. The van der Waals surface area contributed by atoms with Gasteiger partial charge in [0.05, 0.1) is 24.0 Å². The van der Waals surface area contributed by atoms with Crippen LogP contribution < -0.4 is 10.1 Å². The van der Waals surface area contributed by atoms with Gasteiger partial charge in [0.15, 0.2) is 0 Å². The highest BCUT2D eigenvalue weighted by molar-refractivity contribution is 7.99. The molecule has 0 spiro atoms. The number of methoxy groups -OCH3 is 1. The van der Waals surface area contributed by atoms with Crippen LogP contribution in [0.1, 0.15) is 20.7 Å². The van der Waals surface area contributed by atoms with Crippen molar-refractivity contribution in [2.45, 2.75) is 0 Å². The molecule has 0 bridgehead atoms. The van der Waals surface area contributed by atoms with Crippen LogP contribution in [0.4, 0.5) is 5.69 Å². The molecule has 1 aliphatic rings. The molecule has 0 unspecified atom stereocenters. The SMILES string of the molecule is COc1cccc(NC(=O)CSCCN2C(=O)c3ccccc3C2=O)c1. The average molecular weight is 370 g/mol. The Balaban J connectivity index is 1.45. The van der Waals surface area contributed by atoms with Crippen LogP contribution in [0, 0.1) is 0 Å². The summed E-state index contributed by atoms with van der Waals surface area (Å²) >= 11 is 1.37. The summed E-state index contributed by atoms with van der Waals surface area (Å²) in [7, 11) is 1.57. The second-order valence-corrected chi connectivity index (χ2v) is 6.75. The number of anilines is 1. The molecular weight excluding hydrogens is 352 g/mol. The zero-order valence-electron chi connectivity index (χ0n) is 14.2. The molecule has 26 heavy (non-hydrogen) atoms. The zero-order chi connectivity index (χ0) is 18.5. The van der Waals surface area contributed by atoms with Crippen LogP contribution >= 0.6 is 11.8 Å². The van der Waals surface area contributed by atoms with Gasteiger partial charge in [-0.25, -0.2) is 0 Å². The minimum absolute atomic E-state index is 0.148. The smallest absolute Gasteiger partial charge is 0.261 e. The minimum atomic E-state index is -0.271. The van der Waals surface area contributed by atoms with Crippen molar-refractivity contribution >= 4 is 35.2 Å². The number of nitrogens with one attached hydrogen (secondary N) is 1. The van der Waals surface area contributed by atoms with Crippen molar-refractivity contribution in [2.75, 3.05) is 30.5 Å². The Bertz CT molecular complexity index is 818. The van der Waals surface area contributed by atoms with Gasteiger partial charge in [0.1, 0.15) is 5.75 Å². The van der Waals surface area contributed by atoms with E-state index in [9.17, 15) is 14.4 Å². The maximum Gasteiger partial charge on any atom is 0.261 e. The standard InChI is InChI=1S/C19H18N2O4S/c1-25-14-6-4-5-13(11-14)20-17(22)12-26-10-9-21-18(23)15-7-2-3-8-16(15)19(21)24/h2-8,11H,9-10,12H2,1H3,(H,20,22). The van der Waals surface area contributed by atoms with Gasteiger partial charge in [0.2, 0.25) is 5.91 Å². The fraction of sp³-hybridized carbons (Fsp3) is 0.211. The monoisotopic (exact) mass is 370 g/mol. The molecular formula is C19H18N2O4S. The summed E-state index contributed by atoms with van der Waals surface area (Å²) in [5.41, 5.74) is 1.55. The van der Waals surface area contributed by atoms with Gasteiger partial charge in [-0.3, -0.25) is 19.3 Å². The number of imide groups is 1. The van der Waals surface area contributed by atoms with Crippen LogP contribution in [0.5, 0.6) is 5.75 Å². The van der Waals surface area contributed by atoms with Crippen LogP contribution in [0.25, 0.3) is 0 Å². The van der Waals surface area contributed by atoms with Crippen LogP contribution in [-0.2, 0) is 4.79 Å². The molecule has 0 radical (unpaired) electrons. The van der Waals surface area contributed by atoms with Gasteiger partial charge in [-0.1, -0.05) is 18.2 Å². The zero-order valence-corrected chi connectivity index (χ0v) is 15.0. The van der Waals surface area contributed by atoms with Gasteiger partial charge in [0, 0.05) is 24.1 Å². The summed E-state index contributed by atoms with van der Waals surface area (Å²) < 4.78 is 5.11. The van der Waals surface area contributed by atoms with Crippen LogP contribution in [0.3, 0.4) is 0 Å². The van der Waals surface area contributed by atoms with E-state index in [2.05, 4.69) is 5.32 Å². The number of amides is 3. The third-order valence-electron chi connectivity index (χ3n) is 3.92. The predicted molar refractivity (Wildman–Crippen MR) is 101 cm³/mol. The lowest BCUT2D eigenvalue weighted by Crippen LogP contribution is -2.32. The topological polar surface area (TPSA) is 75.7 Å². The molecule has 7 heteroatoms. The molecule has 134 valence electrons. The molecule has 2 aromatic rings. The number of ether oxygens (including phenoxy) is 1. The van der Waals surface area contributed by atoms with E-state index in [0.717, 1.165) is 0 Å². The first kappa shape index (κ1) is 18.0. The first-order chi connectivity index (χ1) is 12.6. The van der Waals surface area contributed by atoms with E-state index in [0.29, 0.717) is 28.3 Å². The number of nitrogens with zero attached hydrogens (tertiary/aromatic N) is 1. The van der Waals surface area contributed by atoms with Gasteiger partial charge < -0.3 is 10.1 Å². The number of hydrogen-bond donors (Lipinski definition) is 1. The summed E-state index contributed by atoms with van der Waals surface area (Å²) in [6.45, 7) is 0.281. The van der Waals surface area contributed by atoms with E-state index in [1.54, 1.807) is 55.6 Å². The fourth-order valence-electron chi connectivity index (χ4n) is 2.66. The molecule has 6 nitrogen and oxygen atoms in total. The lowest BCUT2D eigenvalue weighted by molar-refractivity contribution is -0.113. The second-order valence-electron chi connectivity index (χ2n) is 5.64. The highest BCUT2D eigenvalue weighted by Gasteiger charge is 2.34. The van der Waals surface area contributed by atoms with Gasteiger partial charge in [0.25, 0.3) is 11.8 Å². The van der Waals surface area contributed by atoms with E-state index in [1.165, 1.54) is 16.7 Å². The van der Waals surface area contributed by atoms with E-state index in [-0.39, 0.29) is 30.0 Å². The van der Waals surface area contributed by atoms with E-state index in [1.807, 2.05) is 0 Å². The normalized spacial score (nSPS) is 12.9. The maximum absolute atomic E-state index is 12.2. The summed E-state index contributed by atoms with van der Waals surface area (Å²) in [5, 5.41) is 2.79. The molecule has 0 aromatic heterocycles. The quantitative estimate of drug-likeness (QED) is 0.599. The van der Waals surface area contributed by atoms with Gasteiger partial charge in [-0.2, -0.15) is 11.8 Å². The van der Waals surface area contributed by atoms with Gasteiger partial charge in [-0.05, 0) is 24.3 Å². The number of thioether (sulfide) groups is 1. The number of hydrogen-bond acceptors (Lipinski definition) is 5. The molecule has 1 N–H and O–H groups in total. The molecule has 0 aliphatic carbocycles. The molecule has 3 rings (SSSR count). The molecule has 2 aromatic carbocycles. The Kier molecular flexibility index (Phi) is 5.58. The Hall–Kier alpha value is -2.80. The van der Waals surface area contributed by atoms with Crippen molar-refractivity contribution < 1.29 is 19.1 Å². The summed E-state index contributed by atoms with van der Waals surface area (Å²) in [6, 6.07) is 13.9. The molecule has 1 aliphatic heterocycles. The number of benzene rings is 2. The third-order valence-corrected chi connectivity index (χ3v) is 4.86. The molecule has 0 saturated heterocycles. The molecule has 1 heterocycles. The minimum Gasteiger partial charge on any atom is -0.497 e. The van der Waals surface area contributed by atoms with Crippen molar-refractivity contribution in [1.29, 1.82) is 0 Å². The summed E-state index contributed by atoms with van der Waals surface area (Å²) in [4.78, 5) is 37.7. The van der Waals surface area contributed by atoms with Crippen molar-refractivity contribution in [3.05, 3.63) is 59.7 Å². The lowest BCUT2D eigenvalue weighted by Gasteiger charge is -2.13.